The van der Waals surface area contributed by atoms with Gasteiger partial charge in [-0.25, -0.2) is 38.7 Å². The molecule has 23 heteroatoms. The van der Waals surface area contributed by atoms with Crippen LogP contribution in [0.3, 0.4) is 0 Å². The van der Waals surface area contributed by atoms with Crippen molar-refractivity contribution in [2.24, 2.45) is 0 Å². The van der Waals surface area contributed by atoms with Gasteiger partial charge in [0.25, 0.3) is 0 Å². The molecule has 2 unspecified atom stereocenters. The summed E-state index contributed by atoms with van der Waals surface area (Å²) < 4.78 is 93.0. The van der Waals surface area contributed by atoms with Gasteiger partial charge in [-0.15, -0.1) is 0 Å². The molecule has 1 saturated carbocycles. The van der Waals surface area contributed by atoms with Gasteiger partial charge >= 0.3 is 0 Å². The number of aromatic nitrogens is 2. The zero-order chi connectivity index (χ0) is 69.0. The fourth-order valence-corrected chi connectivity index (χ4v) is 15.9. The quantitative estimate of drug-likeness (QED) is 0.0692. The molecular formula is C71H98ClN7O11S4. The second kappa shape index (κ2) is 35.5. The highest BCUT2D eigenvalue weighted by molar-refractivity contribution is 7.91. The summed E-state index contributed by atoms with van der Waals surface area (Å²) in [6.07, 6.45) is 34.0. The molecule has 5 heterocycles. The lowest BCUT2D eigenvalue weighted by Gasteiger charge is -2.32. The van der Waals surface area contributed by atoms with Gasteiger partial charge in [0.15, 0.2) is 39.3 Å². The number of anilines is 2. The number of nitrogen functional groups attached to an aromatic ring is 1. The maximum atomic E-state index is 11.8. The second-order valence-corrected chi connectivity index (χ2v) is 34.0. The lowest BCUT2D eigenvalue weighted by atomic mass is 9.89. The van der Waals surface area contributed by atoms with Crippen LogP contribution in [0.5, 0.6) is 0 Å². The summed E-state index contributed by atoms with van der Waals surface area (Å²) in [5.41, 5.74) is 16.0. The molecule has 3 fully saturated rings. The molecule has 2 N–H and O–H groups in total. The Balaban J connectivity index is 0.000000191. The number of rotatable bonds is 12. The summed E-state index contributed by atoms with van der Waals surface area (Å²) in [4.78, 5) is 50.3. The number of aryl methyl sites for hydroxylation is 5. The predicted octanol–water partition coefficient (Wildman–Crippen LogP) is 13.6. The Morgan fingerprint density at radius 2 is 0.872 bits per heavy atom. The van der Waals surface area contributed by atoms with Gasteiger partial charge in [0.05, 0.1) is 31.7 Å². The zero-order valence-corrected chi connectivity index (χ0v) is 60.4. The molecule has 0 spiro atoms. The van der Waals surface area contributed by atoms with Gasteiger partial charge in [-0.3, -0.25) is 14.4 Å². The molecule has 5 aliphatic rings. The van der Waals surface area contributed by atoms with Crippen LogP contribution in [0.15, 0.2) is 116 Å². The molecule has 5 aromatic rings. The van der Waals surface area contributed by atoms with E-state index >= 15 is 0 Å². The monoisotopic (exact) mass is 1390 g/mol. The summed E-state index contributed by atoms with van der Waals surface area (Å²) in [6, 6.07) is 23.5. The predicted molar refractivity (Wildman–Crippen MR) is 376 cm³/mol. The molecule has 18 nitrogen and oxygen atoms in total. The minimum atomic E-state index is -3.21. The van der Waals surface area contributed by atoms with Crippen LogP contribution in [-0.4, -0.2) is 129 Å². The van der Waals surface area contributed by atoms with Crippen molar-refractivity contribution >= 4 is 87.6 Å². The number of amides is 3. The van der Waals surface area contributed by atoms with Crippen LogP contribution < -0.4 is 10.6 Å². The number of carbonyl (C=O) groups excluding carboxylic acids is 3. The normalized spacial score (nSPS) is 18.7. The van der Waals surface area contributed by atoms with Crippen molar-refractivity contribution in [2.75, 3.05) is 61.8 Å². The number of likely N-dealkylation sites (tertiary alicyclic amines) is 1. The van der Waals surface area contributed by atoms with Crippen molar-refractivity contribution in [1.82, 2.24) is 24.7 Å². The van der Waals surface area contributed by atoms with Crippen molar-refractivity contribution in [3.8, 4) is 0 Å². The number of nitrogens with zero attached hydrogens (tertiary/aromatic N) is 6. The summed E-state index contributed by atoms with van der Waals surface area (Å²) in [5.74, 6) is 1.75. The van der Waals surface area contributed by atoms with E-state index in [1.54, 1.807) is 53.4 Å². The van der Waals surface area contributed by atoms with E-state index in [4.69, 9.17) is 17.3 Å². The van der Waals surface area contributed by atoms with Crippen molar-refractivity contribution in [2.45, 2.75) is 201 Å². The fraction of sp³-hybridized carbons (Fsp3) is 0.507. The van der Waals surface area contributed by atoms with E-state index in [-0.39, 0.29) is 18.0 Å². The molecule has 3 amide bonds. The topological polar surface area (TPSA) is 253 Å². The maximum absolute atomic E-state index is 11.8. The van der Waals surface area contributed by atoms with E-state index in [9.17, 15) is 48.1 Å². The molecule has 94 heavy (non-hydrogen) atoms. The van der Waals surface area contributed by atoms with Gasteiger partial charge in [0.2, 0.25) is 25.2 Å². The molecule has 1 aromatic heterocycles. The summed E-state index contributed by atoms with van der Waals surface area (Å²) >= 11 is 5.74. The van der Waals surface area contributed by atoms with Crippen LogP contribution >= 0.6 is 11.6 Å². The fourth-order valence-electron chi connectivity index (χ4n) is 12.9. The minimum absolute atomic E-state index is 0.0728. The lowest BCUT2D eigenvalue weighted by Crippen LogP contribution is -2.30. The molecule has 0 radical (unpaired) electrons. The molecule has 2 atom stereocenters. The highest BCUT2D eigenvalue weighted by atomic mass is 35.5. The molecule has 4 aromatic carbocycles. The van der Waals surface area contributed by atoms with Crippen LogP contribution in [0.1, 0.15) is 197 Å². The Morgan fingerprint density at radius 1 is 0.447 bits per heavy atom. The summed E-state index contributed by atoms with van der Waals surface area (Å²) in [6.45, 7) is 12.9. The highest BCUT2D eigenvalue weighted by Gasteiger charge is 2.28. The maximum Gasteiger partial charge on any atom is 0.222 e. The Labute approximate surface area is 565 Å². The number of halogens is 1. The van der Waals surface area contributed by atoms with Gasteiger partial charge in [-0.2, -0.15) is 4.98 Å². The first kappa shape index (κ1) is 76.6. The number of hydrogen-bond acceptors (Lipinski definition) is 15. The van der Waals surface area contributed by atoms with Crippen LogP contribution in [0.4, 0.5) is 11.8 Å². The van der Waals surface area contributed by atoms with Crippen molar-refractivity contribution in [3.05, 3.63) is 146 Å². The number of carbonyl (C=O) groups is 3. The molecule has 2 saturated heterocycles. The molecule has 1 aliphatic carbocycles. The Kier molecular flexibility index (Phi) is 28.9. The van der Waals surface area contributed by atoms with E-state index in [0.717, 1.165) is 178 Å². The van der Waals surface area contributed by atoms with E-state index in [1.807, 2.05) is 75.9 Å². The molecule has 0 bridgehead atoms. The summed E-state index contributed by atoms with van der Waals surface area (Å²) in [7, 11) is -12.7. The lowest BCUT2D eigenvalue weighted by molar-refractivity contribution is -0.120. The number of benzene rings is 4. The molecule has 4 aliphatic heterocycles. The smallest absolute Gasteiger partial charge is 0.222 e. The number of allylic oxidation sites excluding steroid dienone is 2. The third-order valence-electron chi connectivity index (χ3n) is 18.0. The third-order valence-corrected chi connectivity index (χ3v) is 22.8. The standard InChI is InChI=1S/C19H26N4O2S.C15H21NO3S.C15H19NO3S.C15H22O2S.C7H10ClNO/c1-13-11-15(26(3,24)25)8-9-16(13)17-7-5-4-6-10-23(17)18-12-14(2)21-19(20)22-18;2*1-12-10-13(20(2,18)19)7-8-14(12)15-6-4-3-5-9-16(15)11-17;1-12-11-14(18(2,16)17)9-10-15(12)13-7-5-3-4-6-8-13;8-7-4-2-1-3-5-9(7)6-10/h8-9,11-12,17H,4-7,10H2,1-3H3,(H2,20,21,22);7-8,10-11,15H,3-6,9H2,1-2H3;6-8,10-11H,3-5,9H2,1-2H3;9-11,13H,3-8H2,1-2H3;4,6H,1-3,5H2. The number of nitrogens with two attached hydrogens (primary N) is 1. The van der Waals surface area contributed by atoms with Gasteiger partial charge in [0, 0.05) is 74.2 Å². The van der Waals surface area contributed by atoms with Crippen molar-refractivity contribution in [3.63, 3.8) is 0 Å². The van der Waals surface area contributed by atoms with E-state index in [1.165, 1.54) is 80.4 Å². The first-order chi connectivity index (χ1) is 44.4. The second-order valence-electron chi connectivity index (χ2n) is 25.5. The number of sulfone groups is 4. The van der Waals surface area contributed by atoms with Crippen LogP contribution in [-0.2, 0) is 53.7 Å². The van der Waals surface area contributed by atoms with Gasteiger partial charge < -0.3 is 25.3 Å². The summed E-state index contributed by atoms with van der Waals surface area (Å²) in [5, 5.41) is 0.576. The Morgan fingerprint density at radius 3 is 1.35 bits per heavy atom. The average Bonchev–Trinajstić information content (AvgIpc) is 1.13. The van der Waals surface area contributed by atoms with E-state index in [2.05, 4.69) is 20.9 Å². The van der Waals surface area contributed by atoms with Crippen molar-refractivity contribution in [1.29, 1.82) is 0 Å². The van der Waals surface area contributed by atoms with E-state index in [0.29, 0.717) is 37.2 Å². The van der Waals surface area contributed by atoms with Crippen LogP contribution in [0.2, 0.25) is 0 Å². The van der Waals surface area contributed by atoms with Gasteiger partial charge in [-0.05, 0) is 211 Å². The largest absolute Gasteiger partial charge is 0.368 e. The van der Waals surface area contributed by atoms with Crippen LogP contribution in [0, 0.1) is 34.6 Å². The average molecular weight is 1390 g/mol. The molecule has 514 valence electrons. The number of hydrogen-bond donors (Lipinski definition) is 1. The van der Waals surface area contributed by atoms with Gasteiger partial charge in [0.1, 0.15) is 11.0 Å². The van der Waals surface area contributed by atoms with E-state index < -0.39 is 39.3 Å². The van der Waals surface area contributed by atoms with Crippen LogP contribution in [0.25, 0.3) is 5.70 Å². The Hall–Kier alpha value is -6.46. The SMILES string of the molecule is Cc1cc(N2CCCCCC2c2ccc(S(C)(=O)=O)cc2C)nc(N)n1.Cc1cc(S(C)(=O)=O)ccc1C1=CCCCCN1C=O.Cc1cc(S(C)(=O)=O)ccc1C1CCCCCC1.Cc1cc(S(C)(=O)=O)ccc1C1CCCCCN1C=O.O=CN1CCCCC=C1Cl. The first-order valence-electron chi connectivity index (χ1n) is 32.8. The van der Waals surface area contributed by atoms with Gasteiger partial charge in [-0.1, -0.05) is 93.3 Å². The first-order valence-corrected chi connectivity index (χ1v) is 40.7. The zero-order valence-electron chi connectivity index (χ0n) is 56.4. The minimum Gasteiger partial charge on any atom is -0.368 e. The third kappa shape index (κ3) is 22.6. The molecular weight excluding hydrogens is 1290 g/mol. The highest BCUT2D eigenvalue weighted by Crippen LogP contribution is 2.38. The Bertz CT molecular complexity index is 3930. The molecule has 10 rings (SSSR count). The van der Waals surface area contributed by atoms with Crippen molar-refractivity contribution < 1.29 is 48.1 Å².